The van der Waals surface area contributed by atoms with E-state index < -0.39 is 0 Å². The number of nitrogens with one attached hydrogen (secondary N) is 1. The third-order valence-corrected chi connectivity index (χ3v) is 4.62. The second-order valence-corrected chi connectivity index (χ2v) is 6.18. The molecule has 2 aliphatic rings. The van der Waals surface area contributed by atoms with E-state index in [4.69, 9.17) is 0 Å². The van der Waals surface area contributed by atoms with Gasteiger partial charge in [0, 0.05) is 35.8 Å². The molecule has 2 unspecified atom stereocenters. The molecular formula is C14H19BrN2. The van der Waals surface area contributed by atoms with E-state index in [0.29, 0.717) is 0 Å². The Morgan fingerprint density at radius 1 is 1.24 bits per heavy atom. The van der Waals surface area contributed by atoms with Crippen molar-refractivity contribution in [1.82, 2.24) is 4.90 Å². The zero-order valence-electron chi connectivity index (χ0n) is 10.0. The zero-order chi connectivity index (χ0) is 11.7. The van der Waals surface area contributed by atoms with E-state index in [-0.39, 0.29) is 0 Å². The van der Waals surface area contributed by atoms with Crippen LogP contribution in [0, 0.1) is 5.92 Å². The highest BCUT2D eigenvalue weighted by Crippen LogP contribution is 2.36. The number of fused-ring (bicyclic) bond motifs is 2. The number of likely N-dealkylation sites (tertiary alicyclic amines) is 1. The minimum absolute atomic E-state index is 0.895. The molecule has 3 heteroatoms. The normalized spacial score (nSPS) is 27.6. The average molecular weight is 295 g/mol. The Balaban J connectivity index is 1.45. The van der Waals surface area contributed by atoms with Crippen LogP contribution in [0.15, 0.2) is 28.7 Å². The van der Waals surface area contributed by atoms with E-state index in [1.165, 1.54) is 38.0 Å². The van der Waals surface area contributed by atoms with Gasteiger partial charge in [0.2, 0.25) is 0 Å². The number of piperidine rings is 1. The SMILES string of the molecule is Brc1ccc(NCCN2CC3CCC2C3)cc1. The first-order chi connectivity index (χ1) is 8.31. The van der Waals surface area contributed by atoms with Gasteiger partial charge < -0.3 is 5.32 Å². The predicted molar refractivity (Wildman–Crippen MR) is 75.3 cm³/mol. The van der Waals surface area contributed by atoms with Crippen LogP contribution in [0.5, 0.6) is 0 Å². The van der Waals surface area contributed by atoms with Crippen LogP contribution >= 0.6 is 15.9 Å². The molecule has 1 saturated carbocycles. The summed E-state index contributed by atoms with van der Waals surface area (Å²) in [5.41, 5.74) is 1.22. The maximum atomic E-state index is 3.50. The molecule has 0 amide bonds. The first kappa shape index (κ1) is 11.5. The number of hydrogen-bond acceptors (Lipinski definition) is 2. The maximum absolute atomic E-state index is 3.50. The third-order valence-electron chi connectivity index (χ3n) is 4.10. The molecule has 1 aliphatic heterocycles. The third kappa shape index (κ3) is 2.66. The van der Waals surface area contributed by atoms with Crippen LogP contribution in [-0.2, 0) is 0 Å². The van der Waals surface area contributed by atoms with E-state index in [1.54, 1.807) is 0 Å². The topological polar surface area (TPSA) is 15.3 Å². The van der Waals surface area contributed by atoms with Crippen molar-refractivity contribution in [3.8, 4) is 0 Å². The van der Waals surface area contributed by atoms with Crippen molar-refractivity contribution in [3.63, 3.8) is 0 Å². The molecule has 0 aromatic heterocycles. The van der Waals surface area contributed by atoms with Crippen molar-refractivity contribution in [2.45, 2.75) is 25.3 Å². The molecule has 1 heterocycles. The van der Waals surface area contributed by atoms with Gasteiger partial charge in [0.25, 0.3) is 0 Å². The van der Waals surface area contributed by atoms with Gasteiger partial charge in [0.1, 0.15) is 0 Å². The molecular weight excluding hydrogens is 276 g/mol. The first-order valence-electron chi connectivity index (χ1n) is 6.55. The fourth-order valence-electron chi connectivity index (χ4n) is 3.21. The summed E-state index contributed by atoms with van der Waals surface area (Å²) in [6, 6.07) is 9.31. The minimum Gasteiger partial charge on any atom is -0.384 e. The highest BCUT2D eigenvalue weighted by Gasteiger charge is 2.36. The van der Waals surface area contributed by atoms with Gasteiger partial charge in [0.15, 0.2) is 0 Å². The van der Waals surface area contributed by atoms with Gasteiger partial charge in [-0.2, -0.15) is 0 Å². The molecule has 2 nitrogen and oxygen atoms in total. The predicted octanol–water partition coefficient (Wildman–Crippen LogP) is 3.35. The monoisotopic (exact) mass is 294 g/mol. The number of benzene rings is 1. The fourth-order valence-corrected chi connectivity index (χ4v) is 3.48. The Labute approximate surface area is 112 Å². The van der Waals surface area contributed by atoms with Crippen LogP contribution in [-0.4, -0.2) is 30.6 Å². The van der Waals surface area contributed by atoms with E-state index in [1.807, 2.05) is 0 Å². The summed E-state index contributed by atoms with van der Waals surface area (Å²) >= 11 is 3.45. The number of hydrogen-bond donors (Lipinski definition) is 1. The first-order valence-corrected chi connectivity index (χ1v) is 7.34. The lowest BCUT2D eigenvalue weighted by molar-refractivity contribution is 0.221. The molecule has 1 aliphatic carbocycles. The van der Waals surface area contributed by atoms with Crippen molar-refractivity contribution in [2.24, 2.45) is 5.92 Å². The maximum Gasteiger partial charge on any atom is 0.0341 e. The van der Waals surface area contributed by atoms with Crippen molar-refractivity contribution in [1.29, 1.82) is 0 Å². The van der Waals surface area contributed by atoms with E-state index in [0.717, 1.165) is 23.0 Å². The van der Waals surface area contributed by atoms with Crippen molar-refractivity contribution >= 4 is 21.6 Å². The molecule has 1 saturated heterocycles. The number of rotatable bonds is 4. The van der Waals surface area contributed by atoms with Crippen LogP contribution in [0.2, 0.25) is 0 Å². The molecule has 0 radical (unpaired) electrons. The average Bonchev–Trinajstić information content (AvgIpc) is 2.94. The van der Waals surface area contributed by atoms with Crippen LogP contribution in [0.4, 0.5) is 5.69 Å². The molecule has 92 valence electrons. The number of halogens is 1. The molecule has 0 spiro atoms. The van der Waals surface area contributed by atoms with Gasteiger partial charge >= 0.3 is 0 Å². The second-order valence-electron chi connectivity index (χ2n) is 5.26. The van der Waals surface area contributed by atoms with Gasteiger partial charge in [-0.25, -0.2) is 0 Å². The Morgan fingerprint density at radius 3 is 2.71 bits per heavy atom. The quantitative estimate of drug-likeness (QED) is 0.916. The number of anilines is 1. The molecule has 17 heavy (non-hydrogen) atoms. The highest BCUT2D eigenvalue weighted by atomic mass is 79.9. The lowest BCUT2D eigenvalue weighted by Crippen LogP contribution is -2.35. The molecule has 1 N–H and O–H groups in total. The molecule has 3 rings (SSSR count). The van der Waals surface area contributed by atoms with Crippen LogP contribution < -0.4 is 5.32 Å². The summed E-state index contributed by atoms with van der Waals surface area (Å²) in [6.45, 7) is 3.59. The van der Waals surface area contributed by atoms with E-state index in [9.17, 15) is 0 Å². The van der Waals surface area contributed by atoms with Gasteiger partial charge in [0.05, 0.1) is 0 Å². The van der Waals surface area contributed by atoms with Crippen molar-refractivity contribution in [3.05, 3.63) is 28.7 Å². The standard InChI is InChI=1S/C14H19BrN2/c15-12-2-4-13(5-3-12)16-7-8-17-10-11-1-6-14(17)9-11/h2-5,11,14,16H,1,6-10H2. The smallest absolute Gasteiger partial charge is 0.0341 e. The largest absolute Gasteiger partial charge is 0.384 e. The number of nitrogens with zero attached hydrogens (tertiary/aromatic N) is 1. The molecule has 1 aromatic rings. The van der Waals surface area contributed by atoms with E-state index in [2.05, 4.69) is 50.4 Å². The van der Waals surface area contributed by atoms with Gasteiger partial charge in [-0.3, -0.25) is 4.90 Å². The zero-order valence-corrected chi connectivity index (χ0v) is 11.6. The molecule has 2 atom stereocenters. The Hall–Kier alpha value is -0.540. The second kappa shape index (κ2) is 4.99. The van der Waals surface area contributed by atoms with Gasteiger partial charge in [-0.05, 0) is 49.4 Å². The summed E-state index contributed by atoms with van der Waals surface area (Å²) in [7, 11) is 0. The Bertz CT molecular complexity index is 376. The molecule has 2 bridgehead atoms. The van der Waals surface area contributed by atoms with Gasteiger partial charge in [-0.1, -0.05) is 15.9 Å². The van der Waals surface area contributed by atoms with Crippen molar-refractivity contribution in [2.75, 3.05) is 25.0 Å². The van der Waals surface area contributed by atoms with Crippen LogP contribution in [0.3, 0.4) is 0 Å². The van der Waals surface area contributed by atoms with Crippen LogP contribution in [0.1, 0.15) is 19.3 Å². The summed E-state index contributed by atoms with van der Waals surface area (Å²) in [4.78, 5) is 2.67. The van der Waals surface area contributed by atoms with Crippen LogP contribution in [0.25, 0.3) is 0 Å². The lowest BCUT2D eigenvalue weighted by Gasteiger charge is -2.26. The Morgan fingerprint density at radius 2 is 2.06 bits per heavy atom. The summed E-state index contributed by atoms with van der Waals surface area (Å²) in [5, 5.41) is 3.50. The van der Waals surface area contributed by atoms with Crippen molar-refractivity contribution < 1.29 is 0 Å². The summed E-state index contributed by atoms with van der Waals surface area (Å²) in [6.07, 6.45) is 4.36. The Kier molecular flexibility index (Phi) is 3.39. The van der Waals surface area contributed by atoms with E-state index >= 15 is 0 Å². The highest BCUT2D eigenvalue weighted by molar-refractivity contribution is 9.10. The fraction of sp³-hybridized carbons (Fsp3) is 0.571. The molecule has 1 aromatic carbocycles. The lowest BCUT2D eigenvalue weighted by atomic mass is 10.1. The van der Waals surface area contributed by atoms with Gasteiger partial charge in [-0.15, -0.1) is 0 Å². The molecule has 2 fully saturated rings. The summed E-state index contributed by atoms with van der Waals surface area (Å²) in [5.74, 6) is 1.01. The summed E-state index contributed by atoms with van der Waals surface area (Å²) < 4.78 is 1.14. The minimum atomic E-state index is 0.895.